The van der Waals surface area contributed by atoms with Crippen LogP contribution in [0, 0.1) is 5.92 Å². The molecule has 1 heterocycles. The van der Waals surface area contributed by atoms with Gasteiger partial charge in [-0.3, -0.25) is 4.79 Å². The quantitative estimate of drug-likeness (QED) is 0.241. The van der Waals surface area contributed by atoms with Crippen LogP contribution in [0.1, 0.15) is 19.8 Å². The lowest BCUT2D eigenvalue weighted by molar-refractivity contribution is -0.267. The van der Waals surface area contributed by atoms with Crippen LogP contribution in [0.15, 0.2) is 24.0 Å². The lowest BCUT2D eigenvalue weighted by atomic mass is 9.74. The van der Waals surface area contributed by atoms with Crippen LogP contribution in [0.4, 0.5) is 0 Å². The highest BCUT2D eigenvalue weighted by Crippen LogP contribution is 2.38. The fourth-order valence-electron chi connectivity index (χ4n) is 3.10. The first-order valence-corrected chi connectivity index (χ1v) is 8.55. The Morgan fingerprint density at radius 2 is 1.96 bits per heavy atom. The van der Waals surface area contributed by atoms with Gasteiger partial charge >= 0.3 is 5.97 Å². The van der Waals surface area contributed by atoms with Gasteiger partial charge in [0, 0.05) is 0 Å². The van der Waals surface area contributed by atoms with Crippen molar-refractivity contribution in [3.8, 4) is 0 Å². The molecule has 7 atom stereocenters. The van der Waals surface area contributed by atoms with Gasteiger partial charge in [0.15, 0.2) is 0 Å². The van der Waals surface area contributed by atoms with Gasteiger partial charge in [-0.05, 0) is 24.6 Å². The molecule has 0 aromatic carbocycles. The van der Waals surface area contributed by atoms with Crippen molar-refractivity contribution in [1.29, 1.82) is 0 Å². The third-order valence-corrected chi connectivity index (χ3v) is 4.70. The molecule has 2 aliphatic rings. The van der Waals surface area contributed by atoms with Gasteiger partial charge in [-0.15, -0.1) is 0 Å². The Bertz CT molecular complexity index is 558. The molecule has 0 aromatic rings. The third-order valence-electron chi connectivity index (χ3n) is 4.70. The number of carbonyl (C=O) groups is 1. The number of unbranched alkanes of at least 4 members (excludes halogenated alkanes) is 1. The Hall–Kier alpha value is -1.49. The zero-order valence-electron chi connectivity index (χ0n) is 14.4. The van der Waals surface area contributed by atoms with E-state index in [9.17, 15) is 35.4 Å². The van der Waals surface area contributed by atoms with Gasteiger partial charge in [0.25, 0.3) is 0 Å². The van der Waals surface area contributed by atoms with Gasteiger partial charge < -0.3 is 40.1 Å². The number of carbonyl (C=O) groups excluding carboxylic acids is 1. The van der Waals surface area contributed by atoms with Gasteiger partial charge in [0.2, 0.25) is 0 Å². The highest BCUT2D eigenvalue weighted by atomic mass is 16.6. The molecule has 0 spiro atoms. The SMILES string of the molecule is CCCCOC(=O)C1C=C(O)C=CC1(O)[C@@H]1O[C@H](CO)[C@@H](O)[C@H](O)[C@H]1O. The summed E-state index contributed by atoms with van der Waals surface area (Å²) < 4.78 is 10.5. The van der Waals surface area contributed by atoms with Gasteiger partial charge in [0.1, 0.15) is 47.8 Å². The van der Waals surface area contributed by atoms with E-state index in [0.29, 0.717) is 6.42 Å². The number of rotatable bonds is 6. The summed E-state index contributed by atoms with van der Waals surface area (Å²) in [4.78, 5) is 12.4. The molecule has 2 unspecified atom stereocenters. The number of allylic oxidation sites excluding steroid dienone is 1. The second-order valence-electron chi connectivity index (χ2n) is 6.56. The van der Waals surface area contributed by atoms with Crippen LogP contribution in [-0.2, 0) is 14.3 Å². The Kier molecular flexibility index (Phi) is 6.78. The molecular formula is C17H26O9. The summed E-state index contributed by atoms with van der Waals surface area (Å²) in [6.45, 7) is 1.36. The van der Waals surface area contributed by atoms with Crippen molar-refractivity contribution < 1.29 is 44.9 Å². The fourth-order valence-corrected chi connectivity index (χ4v) is 3.10. The van der Waals surface area contributed by atoms with Crippen molar-refractivity contribution in [3.05, 3.63) is 24.0 Å². The maximum absolute atomic E-state index is 12.4. The molecule has 0 amide bonds. The molecule has 0 aromatic heterocycles. The summed E-state index contributed by atoms with van der Waals surface area (Å²) in [7, 11) is 0. The maximum Gasteiger partial charge on any atom is 0.316 e. The fraction of sp³-hybridized carbons (Fsp3) is 0.706. The van der Waals surface area contributed by atoms with Crippen molar-refractivity contribution in [2.75, 3.05) is 13.2 Å². The highest BCUT2D eigenvalue weighted by molar-refractivity contribution is 5.77. The summed E-state index contributed by atoms with van der Waals surface area (Å²) in [5, 5.41) is 60.2. The highest BCUT2D eigenvalue weighted by Gasteiger charge is 2.56. The van der Waals surface area contributed by atoms with Gasteiger partial charge in [-0.2, -0.15) is 0 Å². The first-order valence-electron chi connectivity index (χ1n) is 8.55. The molecule has 0 saturated carbocycles. The molecule has 0 bridgehead atoms. The lowest BCUT2D eigenvalue weighted by Gasteiger charge is -2.47. The van der Waals surface area contributed by atoms with Crippen LogP contribution in [0.3, 0.4) is 0 Å². The summed E-state index contributed by atoms with van der Waals surface area (Å²) in [6, 6.07) is 0. The van der Waals surface area contributed by atoms with Crippen LogP contribution in [0.2, 0.25) is 0 Å². The summed E-state index contributed by atoms with van der Waals surface area (Å²) in [5.74, 6) is -2.53. The monoisotopic (exact) mass is 374 g/mol. The van der Waals surface area contributed by atoms with E-state index in [1.54, 1.807) is 0 Å². The molecule has 1 aliphatic carbocycles. The molecule has 0 radical (unpaired) electrons. The molecule has 1 aliphatic heterocycles. The van der Waals surface area contributed by atoms with Crippen LogP contribution in [0.25, 0.3) is 0 Å². The Morgan fingerprint density at radius 1 is 1.27 bits per heavy atom. The number of aliphatic hydroxyl groups is 6. The van der Waals surface area contributed by atoms with E-state index in [1.807, 2.05) is 6.92 Å². The summed E-state index contributed by atoms with van der Waals surface area (Å²) >= 11 is 0. The molecule has 26 heavy (non-hydrogen) atoms. The zero-order chi connectivity index (χ0) is 19.5. The average molecular weight is 374 g/mol. The first-order chi connectivity index (χ1) is 12.3. The molecule has 148 valence electrons. The topological polar surface area (TPSA) is 157 Å². The van der Waals surface area contributed by atoms with E-state index in [0.717, 1.165) is 24.6 Å². The summed E-state index contributed by atoms with van der Waals surface area (Å²) in [5.41, 5.74) is -2.16. The smallest absolute Gasteiger partial charge is 0.316 e. The van der Waals surface area contributed by atoms with Crippen molar-refractivity contribution in [3.63, 3.8) is 0 Å². The predicted octanol–water partition coefficient (Wildman–Crippen LogP) is -1.47. The summed E-state index contributed by atoms with van der Waals surface area (Å²) in [6.07, 6.45) is -3.19. The van der Waals surface area contributed by atoms with Gasteiger partial charge in [-0.25, -0.2) is 0 Å². The molecule has 2 rings (SSSR count). The first kappa shape index (κ1) is 20.8. The van der Waals surface area contributed by atoms with Crippen LogP contribution in [0.5, 0.6) is 0 Å². The molecule has 1 fully saturated rings. The normalized spacial score (nSPS) is 40.2. The standard InChI is InChI=1S/C17H26O9/c1-2-3-6-25-16(23)10-7-9(19)4-5-17(10,24)15-14(22)13(21)12(20)11(8-18)26-15/h4-5,7,10-15,18-22,24H,2-3,6,8H2,1H3/t10?,11-,12-,13+,14-,15-,17?/m1/s1. The van der Waals surface area contributed by atoms with Gasteiger partial charge in [-0.1, -0.05) is 13.3 Å². The Morgan fingerprint density at radius 3 is 2.58 bits per heavy atom. The third kappa shape index (κ3) is 3.93. The number of hydrogen-bond acceptors (Lipinski definition) is 9. The lowest BCUT2D eigenvalue weighted by Crippen LogP contribution is -2.67. The number of esters is 1. The van der Waals surface area contributed by atoms with Crippen LogP contribution < -0.4 is 0 Å². The molecule has 9 heteroatoms. The average Bonchev–Trinajstić information content (AvgIpc) is 2.62. The number of ether oxygens (including phenoxy) is 2. The molecule has 1 saturated heterocycles. The second kappa shape index (κ2) is 8.47. The van der Waals surface area contributed by atoms with E-state index in [4.69, 9.17) is 9.47 Å². The van der Waals surface area contributed by atoms with E-state index in [1.165, 1.54) is 0 Å². The van der Waals surface area contributed by atoms with Crippen molar-refractivity contribution in [2.24, 2.45) is 5.92 Å². The predicted molar refractivity (Wildman–Crippen MR) is 87.9 cm³/mol. The Balaban J connectivity index is 2.30. The molecule has 9 nitrogen and oxygen atoms in total. The van der Waals surface area contributed by atoms with Gasteiger partial charge in [0.05, 0.1) is 13.2 Å². The minimum absolute atomic E-state index is 0.120. The van der Waals surface area contributed by atoms with Crippen LogP contribution >= 0.6 is 0 Å². The largest absolute Gasteiger partial charge is 0.508 e. The molecular weight excluding hydrogens is 348 g/mol. The van der Waals surface area contributed by atoms with E-state index in [2.05, 4.69) is 0 Å². The Labute approximate surface area is 150 Å². The van der Waals surface area contributed by atoms with Crippen molar-refractivity contribution in [2.45, 2.75) is 55.9 Å². The van der Waals surface area contributed by atoms with E-state index < -0.39 is 54.6 Å². The van der Waals surface area contributed by atoms with Crippen molar-refractivity contribution in [1.82, 2.24) is 0 Å². The molecule has 6 N–H and O–H groups in total. The number of aliphatic hydroxyl groups excluding tert-OH is 5. The minimum Gasteiger partial charge on any atom is -0.508 e. The van der Waals surface area contributed by atoms with E-state index in [-0.39, 0.29) is 12.4 Å². The maximum atomic E-state index is 12.4. The minimum atomic E-state index is -2.16. The number of hydrogen-bond donors (Lipinski definition) is 6. The van der Waals surface area contributed by atoms with E-state index >= 15 is 0 Å². The second-order valence-corrected chi connectivity index (χ2v) is 6.56. The van der Waals surface area contributed by atoms with Crippen LogP contribution in [-0.4, -0.2) is 85.9 Å². The van der Waals surface area contributed by atoms with Crippen molar-refractivity contribution >= 4 is 5.97 Å². The zero-order valence-corrected chi connectivity index (χ0v) is 14.4.